The number of hydrogen-bond acceptors (Lipinski definition) is 1. The summed E-state index contributed by atoms with van der Waals surface area (Å²) in [5.74, 6) is 0.301. The molecule has 0 atom stereocenters. The Balaban J connectivity index is 1.72. The van der Waals surface area contributed by atoms with Crippen molar-refractivity contribution in [2.24, 2.45) is 0 Å². The van der Waals surface area contributed by atoms with Gasteiger partial charge in [0.05, 0.1) is 0 Å². The Kier molecular flexibility index (Phi) is 5.46. The average Bonchev–Trinajstić information content (AvgIpc) is 2.62. The van der Waals surface area contributed by atoms with E-state index >= 15 is 0 Å². The van der Waals surface area contributed by atoms with Crippen molar-refractivity contribution in [2.75, 3.05) is 0 Å². The van der Waals surface area contributed by atoms with E-state index in [4.69, 9.17) is 0 Å². The summed E-state index contributed by atoms with van der Waals surface area (Å²) >= 11 is 0. The van der Waals surface area contributed by atoms with E-state index in [0.717, 1.165) is 12.8 Å². The van der Waals surface area contributed by atoms with Crippen molar-refractivity contribution < 1.29 is 4.79 Å². The van der Waals surface area contributed by atoms with Crippen LogP contribution < -0.4 is 5.32 Å². The van der Waals surface area contributed by atoms with E-state index in [1.807, 2.05) is 36.4 Å². The number of carbonyl (C=O) groups is 1. The van der Waals surface area contributed by atoms with Crippen LogP contribution in [0.15, 0.2) is 60.7 Å². The summed E-state index contributed by atoms with van der Waals surface area (Å²) in [6.07, 6.45) is 6.57. The number of nitrogens with one attached hydrogen (secondary N) is 1. The van der Waals surface area contributed by atoms with Gasteiger partial charge in [-0.05, 0) is 24.0 Å². The smallest absolute Gasteiger partial charge is 0.221 e. The molecule has 2 nitrogen and oxygen atoms in total. The third-order valence-electron chi connectivity index (χ3n) is 4.76. The zero-order valence-corrected chi connectivity index (χ0v) is 13.6. The van der Waals surface area contributed by atoms with Crippen LogP contribution in [-0.4, -0.2) is 11.9 Å². The molecule has 1 aliphatic rings. The first-order valence-electron chi connectivity index (χ1n) is 8.72. The molecule has 0 aliphatic heterocycles. The first-order chi connectivity index (χ1) is 11.3. The lowest BCUT2D eigenvalue weighted by Crippen LogP contribution is -2.36. The molecule has 1 N–H and O–H groups in total. The fraction of sp³-hybridized carbons (Fsp3) is 0.381. The van der Waals surface area contributed by atoms with Gasteiger partial charge in [0.1, 0.15) is 0 Å². The molecule has 0 spiro atoms. The largest absolute Gasteiger partial charge is 0.353 e. The van der Waals surface area contributed by atoms with Gasteiger partial charge in [-0.1, -0.05) is 79.9 Å². The summed E-state index contributed by atoms with van der Waals surface area (Å²) in [6, 6.07) is 21.1. The van der Waals surface area contributed by atoms with Gasteiger partial charge >= 0.3 is 0 Å². The maximum absolute atomic E-state index is 12.6. The molecule has 2 aromatic rings. The molecule has 0 unspecified atom stereocenters. The summed E-state index contributed by atoms with van der Waals surface area (Å²) < 4.78 is 0. The average molecular weight is 307 g/mol. The van der Waals surface area contributed by atoms with Gasteiger partial charge in [-0.2, -0.15) is 0 Å². The van der Waals surface area contributed by atoms with Crippen LogP contribution in [0.1, 0.15) is 55.6 Å². The second-order valence-corrected chi connectivity index (χ2v) is 6.48. The van der Waals surface area contributed by atoms with Crippen LogP contribution in [0.2, 0.25) is 0 Å². The Labute approximate surface area is 138 Å². The zero-order chi connectivity index (χ0) is 15.9. The Hall–Kier alpha value is -2.09. The summed E-state index contributed by atoms with van der Waals surface area (Å²) in [7, 11) is 0. The van der Waals surface area contributed by atoms with E-state index in [0.29, 0.717) is 12.5 Å². The lowest BCUT2D eigenvalue weighted by Gasteiger charge is -2.24. The highest BCUT2D eigenvalue weighted by Gasteiger charge is 2.21. The van der Waals surface area contributed by atoms with E-state index in [1.54, 1.807) is 0 Å². The normalized spacial score (nSPS) is 15.5. The quantitative estimate of drug-likeness (QED) is 0.855. The minimum absolute atomic E-state index is 0.126. The summed E-state index contributed by atoms with van der Waals surface area (Å²) in [4.78, 5) is 12.6. The lowest BCUT2D eigenvalue weighted by atomic mass is 9.88. The number of amides is 1. The van der Waals surface area contributed by atoms with Crippen molar-refractivity contribution in [3.8, 4) is 0 Å². The first-order valence-corrected chi connectivity index (χ1v) is 8.72. The molecular formula is C21H25NO. The molecule has 1 amide bonds. The minimum atomic E-state index is 0.126. The predicted octanol–water partition coefficient (Wildman–Crippen LogP) is 4.66. The SMILES string of the molecule is O=C(CC(c1ccccc1)c1ccccc1)NC1CCCCC1. The third kappa shape index (κ3) is 4.44. The summed E-state index contributed by atoms with van der Waals surface area (Å²) in [5.41, 5.74) is 2.41. The molecule has 120 valence electrons. The van der Waals surface area contributed by atoms with E-state index in [1.165, 1.54) is 30.4 Å². The van der Waals surface area contributed by atoms with Crippen molar-refractivity contribution in [1.82, 2.24) is 5.32 Å². The Morgan fingerprint density at radius 1 is 0.870 bits per heavy atom. The van der Waals surface area contributed by atoms with Crippen LogP contribution in [0.3, 0.4) is 0 Å². The Bertz CT molecular complexity index is 563. The van der Waals surface area contributed by atoms with Gasteiger partial charge in [-0.15, -0.1) is 0 Å². The van der Waals surface area contributed by atoms with Gasteiger partial charge < -0.3 is 5.32 Å². The number of rotatable bonds is 5. The van der Waals surface area contributed by atoms with Gasteiger partial charge in [0.15, 0.2) is 0 Å². The second kappa shape index (κ2) is 7.96. The molecule has 0 bridgehead atoms. The number of carbonyl (C=O) groups excluding carboxylic acids is 1. The molecule has 1 saturated carbocycles. The van der Waals surface area contributed by atoms with Crippen molar-refractivity contribution in [1.29, 1.82) is 0 Å². The molecule has 0 aromatic heterocycles. The standard InChI is InChI=1S/C21H25NO/c23-21(22-19-14-8-3-9-15-19)16-20(17-10-4-1-5-11-17)18-12-6-2-7-13-18/h1-2,4-7,10-13,19-20H,3,8-9,14-16H2,(H,22,23). The molecule has 2 aromatic carbocycles. The molecule has 3 rings (SSSR count). The van der Waals surface area contributed by atoms with E-state index < -0.39 is 0 Å². The van der Waals surface area contributed by atoms with Crippen molar-refractivity contribution in [3.63, 3.8) is 0 Å². The maximum atomic E-state index is 12.6. The van der Waals surface area contributed by atoms with Gasteiger partial charge in [0, 0.05) is 18.4 Å². The van der Waals surface area contributed by atoms with E-state index in [2.05, 4.69) is 29.6 Å². The first kappa shape index (κ1) is 15.8. The molecule has 23 heavy (non-hydrogen) atoms. The van der Waals surface area contributed by atoms with Gasteiger partial charge in [-0.3, -0.25) is 4.79 Å². The van der Waals surface area contributed by atoms with Gasteiger partial charge in [0.25, 0.3) is 0 Å². The Morgan fingerprint density at radius 3 is 1.91 bits per heavy atom. The molecule has 1 aliphatic carbocycles. The minimum Gasteiger partial charge on any atom is -0.353 e. The summed E-state index contributed by atoms with van der Waals surface area (Å²) in [6.45, 7) is 0. The molecule has 0 radical (unpaired) electrons. The van der Waals surface area contributed by atoms with Crippen LogP contribution in [0, 0.1) is 0 Å². The lowest BCUT2D eigenvalue weighted by molar-refractivity contribution is -0.122. The number of benzene rings is 2. The van der Waals surface area contributed by atoms with Crippen molar-refractivity contribution in [3.05, 3.63) is 71.8 Å². The van der Waals surface area contributed by atoms with Gasteiger partial charge in [0.2, 0.25) is 5.91 Å². The molecular weight excluding hydrogens is 282 g/mol. The van der Waals surface area contributed by atoms with Crippen LogP contribution in [0.5, 0.6) is 0 Å². The molecule has 1 fully saturated rings. The summed E-state index contributed by atoms with van der Waals surface area (Å²) in [5, 5.41) is 3.25. The third-order valence-corrected chi connectivity index (χ3v) is 4.76. The maximum Gasteiger partial charge on any atom is 0.221 e. The van der Waals surface area contributed by atoms with Gasteiger partial charge in [-0.25, -0.2) is 0 Å². The monoisotopic (exact) mass is 307 g/mol. The van der Waals surface area contributed by atoms with E-state index in [-0.39, 0.29) is 11.8 Å². The van der Waals surface area contributed by atoms with Crippen LogP contribution in [0.4, 0.5) is 0 Å². The van der Waals surface area contributed by atoms with Crippen LogP contribution >= 0.6 is 0 Å². The van der Waals surface area contributed by atoms with Crippen LogP contribution in [0.25, 0.3) is 0 Å². The van der Waals surface area contributed by atoms with Crippen molar-refractivity contribution >= 4 is 5.91 Å². The highest BCUT2D eigenvalue weighted by atomic mass is 16.1. The van der Waals surface area contributed by atoms with Crippen molar-refractivity contribution in [2.45, 2.75) is 50.5 Å². The Morgan fingerprint density at radius 2 is 1.39 bits per heavy atom. The highest BCUT2D eigenvalue weighted by Crippen LogP contribution is 2.28. The fourth-order valence-corrected chi connectivity index (χ4v) is 3.52. The zero-order valence-electron chi connectivity index (χ0n) is 13.6. The highest BCUT2D eigenvalue weighted by molar-refractivity contribution is 5.77. The predicted molar refractivity (Wildman–Crippen MR) is 94.4 cm³/mol. The molecule has 2 heteroatoms. The molecule has 0 heterocycles. The van der Waals surface area contributed by atoms with E-state index in [9.17, 15) is 4.79 Å². The number of hydrogen-bond donors (Lipinski definition) is 1. The fourth-order valence-electron chi connectivity index (χ4n) is 3.52. The second-order valence-electron chi connectivity index (χ2n) is 6.48. The topological polar surface area (TPSA) is 29.1 Å². The molecule has 0 saturated heterocycles. The van der Waals surface area contributed by atoms with Crippen LogP contribution in [-0.2, 0) is 4.79 Å².